The lowest BCUT2D eigenvalue weighted by atomic mass is 10.3. The minimum atomic E-state index is -0.765. The Balaban J connectivity index is 1.45. The normalized spacial score (nSPS) is 10.4. The van der Waals surface area contributed by atoms with Crippen molar-refractivity contribution in [2.24, 2.45) is 0 Å². The summed E-state index contributed by atoms with van der Waals surface area (Å²) in [5, 5.41) is 12.0. The molecule has 0 aliphatic rings. The summed E-state index contributed by atoms with van der Waals surface area (Å²) in [4.78, 5) is 19.9. The Morgan fingerprint density at radius 2 is 1.88 bits per heavy atom. The monoisotopic (exact) mass is 359 g/mol. The third-order valence-corrected chi connectivity index (χ3v) is 3.23. The predicted octanol–water partition coefficient (Wildman–Crippen LogP) is 2.17. The van der Waals surface area contributed by atoms with Crippen LogP contribution in [0.15, 0.2) is 49.1 Å². The zero-order valence-electron chi connectivity index (χ0n) is 13.5. The zero-order valence-corrected chi connectivity index (χ0v) is 13.5. The molecule has 1 aromatic carbocycles. The number of aromatic nitrogens is 4. The molecule has 0 spiro atoms. The van der Waals surface area contributed by atoms with Crippen molar-refractivity contribution in [1.29, 1.82) is 0 Å². The number of amides is 2. The van der Waals surface area contributed by atoms with Crippen LogP contribution >= 0.6 is 0 Å². The molecule has 10 heteroatoms. The first-order valence-electron chi connectivity index (χ1n) is 7.67. The summed E-state index contributed by atoms with van der Waals surface area (Å²) >= 11 is 0. The van der Waals surface area contributed by atoms with Gasteiger partial charge < -0.3 is 16.0 Å². The number of hydrogen-bond donors (Lipinski definition) is 3. The van der Waals surface area contributed by atoms with Gasteiger partial charge in [0, 0.05) is 43.3 Å². The highest BCUT2D eigenvalue weighted by molar-refractivity contribution is 5.89. The number of nitrogens with zero attached hydrogens (tertiary/aromatic N) is 4. The molecule has 0 unspecified atom stereocenters. The molecule has 8 nitrogen and oxygen atoms in total. The maximum Gasteiger partial charge on any atom is 0.319 e. The largest absolute Gasteiger partial charge is 0.368 e. The van der Waals surface area contributed by atoms with Gasteiger partial charge in [-0.05, 0) is 18.2 Å². The second kappa shape index (κ2) is 8.01. The number of nitrogens with one attached hydrogen (secondary N) is 3. The Bertz CT molecular complexity index is 866. The van der Waals surface area contributed by atoms with Crippen molar-refractivity contribution in [2.45, 2.75) is 0 Å². The molecule has 2 aromatic heterocycles. The van der Waals surface area contributed by atoms with Gasteiger partial charge in [-0.15, -0.1) is 0 Å². The molecule has 0 saturated carbocycles. The number of carbonyl (C=O) groups excluding carboxylic acids is 1. The lowest BCUT2D eigenvalue weighted by molar-refractivity contribution is 0.252. The maximum atomic E-state index is 13.1. The van der Waals surface area contributed by atoms with Crippen LogP contribution in [-0.4, -0.2) is 38.9 Å². The van der Waals surface area contributed by atoms with Crippen LogP contribution in [0.4, 0.5) is 25.1 Å². The molecular weight excluding hydrogens is 344 g/mol. The van der Waals surface area contributed by atoms with Crippen LogP contribution in [0.25, 0.3) is 5.82 Å². The summed E-state index contributed by atoms with van der Waals surface area (Å²) < 4.78 is 27.7. The second-order valence-electron chi connectivity index (χ2n) is 5.18. The van der Waals surface area contributed by atoms with E-state index in [-0.39, 0.29) is 12.2 Å². The zero-order chi connectivity index (χ0) is 18.4. The molecular formula is C16H15F2N7O. The van der Waals surface area contributed by atoms with Crippen LogP contribution in [0, 0.1) is 11.6 Å². The third kappa shape index (κ3) is 4.72. The van der Waals surface area contributed by atoms with Gasteiger partial charge >= 0.3 is 6.03 Å². The second-order valence-corrected chi connectivity index (χ2v) is 5.18. The number of hydrogen-bond acceptors (Lipinski definition) is 5. The van der Waals surface area contributed by atoms with Crippen molar-refractivity contribution in [3.8, 4) is 5.82 Å². The Morgan fingerprint density at radius 3 is 2.62 bits per heavy atom. The number of rotatable bonds is 6. The Labute approximate surface area is 147 Å². The maximum absolute atomic E-state index is 13.1. The highest BCUT2D eigenvalue weighted by Gasteiger charge is 2.05. The van der Waals surface area contributed by atoms with E-state index in [9.17, 15) is 13.6 Å². The summed E-state index contributed by atoms with van der Waals surface area (Å²) in [6.45, 7) is 0.658. The SMILES string of the molecule is O=C(NCCNc1cc(-n2cccn2)ncn1)Nc1cc(F)cc(F)c1. The number of benzene rings is 1. The molecule has 0 saturated heterocycles. The molecule has 3 rings (SSSR count). The van der Waals surface area contributed by atoms with Crippen molar-refractivity contribution >= 4 is 17.5 Å². The molecule has 3 aromatic rings. The Hall–Kier alpha value is -3.56. The van der Waals surface area contributed by atoms with E-state index in [0.717, 1.165) is 18.2 Å². The van der Waals surface area contributed by atoms with E-state index in [0.29, 0.717) is 18.2 Å². The number of anilines is 2. The van der Waals surface area contributed by atoms with Crippen LogP contribution in [0.1, 0.15) is 0 Å². The molecule has 0 fully saturated rings. The number of urea groups is 1. The van der Waals surface area contributed by atoms with E-state index >= 15 is 0 Å². The van der Waals surface area contributed by atoms with Gasteiger partial charge in [0.05, 0.1) is 0 Å². The highest BCUT2D eigenvalue weighted by atomic mass is 19.1. The van der Waals surface area contributed by atoms with Gasteiger partial charge in [-0.3, -0.25) is 0 Å². The quantitative estimate of drug-likeness (QED) is 0.586. The molecule has 0 atom stereocenters. The van der Waals surface area contributed by atoms with Crippen LogP contribution < -0.4 is 16.0 Å². The van der Waals surface area contributed by atoms with Gasteiger partial charge in [0.2, 0.25) is 0 Å². The molecule has 2 heterocycles. The molecule has 2 amide bonds. The molecule has 26 heavy (non-hydrogen) atoms. The van der Waals surface area contributed by atoms with E-state index in [1.165, 1.54) is 6.33 Å². The minimum absolute atomic E-state index is 0.0348. The first-order valence-corrected chi connectivity index (χ1v) is 7.67. The van der Waals surface area contributed by atoms with Crippen molar-refractivity contribution < 1.29 is 13.6 Å². The van der Waals surface area contributed by atoms with Gasteiger partial charge in [0.1, 0.15) is 23.8 Å². The molecule has 0 bridgehead atoms. The van der Waals surface area contributed by atoms with Crippen LogP contribution in [0.2, 0.25) is 0 Å². The summed E-state index contributed by atoms with van der Waals surface area (Å²) in [5.41, 5.74) is 0.0348. The topological polar surface area (TPSA) is 96.8 Å². The Morgan fingerprint density at radius 1 is 1.08 bits per heavy atom. The van der Waals surface area contributed by atoms with Crippen molar-refractivity contribution in [3.63, 3.8) is 0 Å². The Kier molecular flexibility index (Phi) is 5.32. The smallest absolute Gasteiger partial charge is 0.319 e. The van der Waals surface area contributed by atoms with Gasteiger partial charge in [0.25, 0.3) is 0 Å². The lowest BCUT2D eigenvalue weighted by Gasteiger charge is -2.09. The van der Waals surface area contributed by atoms with E-state index < -0.39 is 17.7 Å². The molecule has 0 aliphatic carbocycles. The summed E-state index contributed by atoms with van der Waals surface area (Å²) in [7, 11) is 0. The van der Waals surface area contributed by atoms with E-state index in [1.807, 2.05) is 0 Å². The van der Waals surface area contributed by atoms with Gasteiger partial charge in [0.15, 0.2) is 5.82 Å². The van der Waals surface area contributed by atoms with Crippen LogP contribution in [0.3, 0.4) is 0 Å². The summed E-state index contributed by atoms with van der Waals surface area (Å²) in [6.07, 6.45) is 4.80. The van der Waals surface area contributed by atoms with E-state index in [1.54, 1.807) is 29.2 Å². The summed E-state index contributed by atoms with van der Waals surface area (Å²) in [6, 6.07) is 5.70. The molecule has 0 radical (unpaired) electrons. The fourth-order valence-electron chi connectivity index (χ4n) is 2.14. The van der Waals surface area contributed by atoms with Gasteiger partial charge in [-0.2, -0.15) is 5.10 Å². The molecule has 0 aliphatic heterocycles. The van der Waals surface area contributed by atoms with Crippen molar-refractivity contribution in [3.05, 3.63) is 60.7 Å². The highest BCUT2D eigenvalue weighted by Crippen LogP contribution is 2.12. The third-order valence-electron chi connectivity index (χ3n) is 3.23. The first kappa shape index (κ1) is 17.3. The fraction of sp³-hybridized carbons (Fsp3) is 0.125. The minimum Gasteiger partial charge on any atom is -0.368 e. The van der Waals surface area contributed by atoms with Crippen molar-refractivity contribution in [1.82, 2.24) is 25.1 Å². The standard InChI is InChI=1S/C16H15F2N7O/c17-11-6-12(18)8-13(7-11)24-16(26)20-4-3-19-14-9-15(22-10-21-14)25-5-1-2-23-25/h1-2,5-10H,3-4H2,(H,19,21,22)(H2,20,24,26). The van der Waals surface area contributed by atoms with Crippen molar-refractivity contribution in [2.75, 3.05) is 23.7 Å². The molecule has 3 N–H and O–H groups in total. The predicted molar refractivity (Wildman–Crippen MR) is 91.0 cm³/mol. The van der Waals surface area contributed by atoms with E-state index in [2.05, 4.69) is 31.0 Å². The number of halogens is 2. The van der Waals surface area contributed by atoms with Gasteiger partial charge in [-0.25, -0.2) is 28.2 Å². The first-order chi connectivity index (χ1) is 12.6. The average molecular weight is 359 g/mol. The molecule has 134 valence electrons. The average Bonchev–Trinajstić information content (AvgIpc) is 3.13. The fourth-order valence-corrected chi connectivity index (χ4v) is 2.14. The van der Waals surface area contributed by atoms with Crippen LogP contribution in [0.5, 0.6) is 0 Å². The lowest BCUT2D eigenvalue weighted by Crippen LogP contribution is -2.32. The van der Waals surface area contributed by atoms with E-state index in [4.69, 9.17) is 0 Å². The number of carbonyl (C=O) groups is 1. The van der Waals surface area contributed by atoms with Gasteiger partial charge in [-0.1, -0.05) is 0 Å². The van der Waals surface area contributed by atoms with Crippen LogP contribution in [-0.2, 0) is 0 Å². The summed E-state index contributed by atoms with van der Waals surface area (Å²) in [5.74, 6) is -0.358.